The number of hydrogen-bond acceptors (Lipinski definition) is 2. The summed E-state index contributed by atoms with van der Waals surface area (Å²) in [5.41, 5.74) is 1.47. The molecule has 1 fully saturated rings. The Balaban J connectivity index is 2.10. The summed E-state index contributed by atoms with van der Waals surface area (Å²) in [6, 6.07) is 5.91. The van der Waals surface area contributed by atoms with Crippen LogP contribution in [-0.4, -0.2) is 26.2 Å². The third-order valence-electron chi connectivity index (χ3n) is 3.20. The molecule has 4 heteroatoms. The predicted molar refractivity (Wildman–Crippen MR) is 74.0 cm³/mol. The van der Waals surface area contributed by atoms with Crippen molar-refractivity contribution in [3.8, 4) is 0 Å². The van der Waals surface area contributed by atoms with Gasteiger partial charge in [0, 0.05) is 26.2 Å². The number of hydrogen-bond donors (Lipinski definition) is 2. The molecule has 2 nitrogen and oxygen atoms in total. The molecule has 2 N–H and O–H groups in total. The van der Waals surface area contributed by atoms with Crippen LogP contribution in [0.2, 0.25) is 10.0 Å². The van der Waals surface area contributed by atoms with E-state index in [1.807, 2.05) is 12.1 Å². The van der Waals surface area contributed by atoms with E-state index < -0.39 is 0 Å². The van der Waals surface area contributed by atoms with Gasteiger partial charge in [-0.15, -0.1) is 0 Å². The molecule has 2 rings (SSSR count). The summed E-state index contributed by atoms with van der Waals surface area (Å²) < 4.78 is 0. The zero-order chi connectivity index (χ0) is 12.3. The van der Waals surface area contributed by atoms with Crippen molar-refractivity contribution in [2.24, 2.45) is 5.41 Å². The lowest BCUT2D eigenvalue weighted by Crippen LogP contribution is -2.37. The van der Waals surface area contributed by atoms with E-state index in [-0.39, 0.29) is 5.41 Å². The molecule has 1 heterocycles. The van der Waals surface area contributed by atoms with E-state index in [0.29, 0.717) is 10.0 Å². The van der Waals surface area contributed by atoms with E-state index in [1.54, 1.807) is 0 Å². The maximum atomic E-state index is 6.05. The van der Waals surface area contributed by atoms with E-state index >= 15 is 0 Å². The molecule has 1 aromatic carbocycles. The first-order chi connectivity index (χ1) is 8.09. The molecule has 1 aliphatic rings. The molecule has 17 heavy (non-hydrogen) atoms. The molecule has 1 saturated heterocycles. The van der Waals surface area contributed by atoms with Crippen LogP contribution in [0.5, 0.6) is 0 Å². The summed E-state index contributed by atoms with van der Waals surface area (Å²) in [4.78, 5) is 0. The van der Waals surface area contributed by atoms with Crippen molar-refractivity contribution in [3.05, 3.63) is 33.8 Å². The summed E-state index contributed by atoms with van der Waals surface area (Å²) in [5.74, 6) is 0. The summed E-state index contributed by atoms with van der Waals surface area (Å²) >= 11 is 12.0. The van der Waals surface area contributed by atoms with Crippen LogP contribution >= 0.6 is 23.2 Å². The second-order valence-electron chi connectivity index (χ2n) is 5.09. The minimum atomic E-state index is 0.230. The molecule has 0 aromatic heterocycles. The van der Waals surface area contributed by atoms with Gasteiger partial charge in [0.15, 0.2) is 0 Å². The fourth-order valence-corrected chi connectivity index (χ4v) is 2.61. The SMILES string of the molecule is CC1(Cc2ccc(Cl)c(Cl)c2)CNCCNC1. The Morgan fingerprint density at radius 2 is 1.76 bits per heavy atom. The highest BCUT2D eigenvalue weighted by Gasteiger charge is 2.25. The van der Waals surface area contributed by atoms with Crippen molar-refractivity contribution in [2.75, 3.05) is 26.2 Å². The van der Waals surface area contributed by atoms with Gasteiger partial charge in [-0.3, -0.25) is 0 Å². The van der Waals surface area contributed by atoms with Crippen LogP contribution in [0.3, 0.4) is 0 Å². The van der Waals surface area contributed by atoms with Crippen LogP contribution in [0.4, 0.5) is 0 Å². The smallest absolute Gasteiger partial charge is 0.0595 e. The maximum absolute atomic E-state index is 6.05. The second-order valence-corrected chi connectivity index (χ2v) is 5.90. The second kappa shape index (κ2) is 5.57. The number of rotatable bonds is 2. The van der Waals surface area contributed by atoms with Crippen LogP contribution < -0.4 is 10.6 Å². The molecule has 0 unspecified atom stereocenters. The van der Waals surface area contributed by atoms with E-state index in [0.717, 1.165) is 32.6 Å². The zero-order valence-electron chi connectivity index (χ0n) is 10.0. The molecule has 0 saturated carbocycles. The number of halogens is 2. The summed E-state index contributed by atoms with van der Waals surface area (Å²) in [6.07, 6.45) is 1.00. The summed E-state index contributed by atoms with van der Waals surface area (Å²) in [5, 5.41) is 8.19. The maximum Gasteiger partial charge on any atom is 0.0595 e. The van der Waals surface area contributed by atoms with Gasteiger partial charge in [0.25, 0.3) is 0 Å². The summed E-state index contributed by atoms with van der Waals surface area (Å²) in [7, 11) is 0. The van der Waals surface area contributed by atoms with Gasteiger partial charge in [0.1, 0.15) is 0 Å². The van der Waals surface area contributed by atoms with Crippen molar-refractivity contribution in [3.63, 3.8) is 0 Å². The lowest BCUT2D eigenvalue weighted by Gasteiger charge is -2.28. The van der Waals surface area contributed by atoms with Crippen LogP contribution in [0, 0.1) is 5.41 Å². The molecule has 1 aliphatic heterocycles. The van der Waals surface area contributed by atoms with Gasteiger partial charge in [-0.25, -0.2) is 0 Å². The molecule has 0 atom stereocenters. The highest BCUT2D eigenvalue weighted by Crippen LogP contribution is 2.27. The Morgan fingerprint density at radius 1 is 1.12 bits per heavy atom. The summed E-state index contributed by atoms with van der Waals surface area (Å²) in [6.45, 7) is 6.43. The molecule has 0 amide bonds. The van der Waals surface area contributed by atoms with Crippen molar-refractivity contribution in [2.45, 2.75) is 13.3 Å². The van der Waals surface area contributed by atoms with Gasteiger partial charge in [-0.05, 0) is 29.5 Å². The van der Waals surface area contributed by atoms with Crippen LogP contribution in [0.25, 0.3) is 0 Å². The third kappa shape index (κ3) is 3.59. The first-order valence-corrected chi connectivity index (χ1v) is 6.70. The average molecular weight is 273 g/mol. The van der Waals surface area contributed by atoms with Gasteiger partial charge < -0.3 is 10.6 Å². The van der Waals surface area contributed by atoms with E-state index in [2.05, 4.69) is 23.6 Å². The number of nitrogens with one attached hydrogen (secondary N) is 2. The van der Waals surface area contributed by atoms with Gasteiger partial charge in [-0.1, -0.05) is 36.2 Å². The third-order valence-corrected chi connectivity index (χ3v) is 3.94. The Labute approximate surface area is 113 Å². The van der Waals surface area contributed by atoms with Gasteiger partial charge >= 0.3 is 0 Å². The first-order valence-electron chi connectivity index (χ1n) is 5.94. The zero-order valence-corrected chi connectivity index (χ0v) is 11.5. The fourth-order valence-electron chi connectivity index (χ4n) is 2.29. The normalized spacial score (nSPS) is 19.9. The molecule has 0 radical (unpaired) electrons. The quantitative estimate of drug-likeness (QED) is 0.865. The first kappa shape index (κ1) is 13.2. The molecule has 94 valence electrons. The molecular formula is C13H18Cl2N2. The largest absolute Gasteiger partial charge is 0.315 e. The average Bonchev–Trinajstić information content (AvgIpc) is 2.49. The van der Waals surface area contributed by atoms with E-state index in [1.165, 1.54) is 5.56 Å². The van der Waals surface area contributed by atoms with Crippen LogP contribution in [-0.2, 0) is 6.42 Å². The van der Waals surface area contributed by atoms with Crippen molar-refractivity contribution in [1.82, 2.24) is 10.6 Å². The molecule has 0 aliphatic carbocycles. The Bertz CT molecular complexity index is 385. The van der Waals surface area contributed by atoms with Gasteiger partial charge in [0.2, 0.25) is 0 Å². The highest BCUT2D eigenvalue weighted by atomic mass is 35.5. The lowest BCUT2D eigenvalue weighted by molar-refractivity contribution is 0.315. The predicted octanol–water partition coefficient (Wildman–Crippen LogP) is 2.74. The fraction of sp³-hybridized carbons (Fsp3) is 0.538. The van der Waals surface area contributed by atoms with Gasteiger partial charge in [-0.2, -0.15) is 0 Å². The Kier molecular flexibility index (Phi) is 4.31. The van der Waals surface area contributed by atoms with Crippen molar-refractivity contribution < 1.29 is 0 Å². The van der Waals surface area contributed by atoms with Crippen molar-refractivity contribution >= 4 is 23.2 Å². The highest BCUT2D eigenvalue weighted by molar-refractivity contribution is 6.42. The molecule has 0 bridgehead atoms. The molecule has 1 aromatic rings. The Morgan fingerprint density at radius 3 is 2.35 bits per heavy atom. The van der Waals surface area contributed by atoms with Crippen LogP contribution in [0.1, 0.15) is 12.5 Å². The van der Waals surface area contributed by atoms with E-state index in [9.17, 15) is 0 Å². The minimum absolute atomic E-state index is 0.230. The molecule has 0 spiro atoms. The standard InChI is InChI=1S/C13H18Cl2N2/c1-13(8-16-4-5-17-9-13)7-10-2-3-11(14)12(15)6-10/h2-3,6,16-17H,4-5,7-9H2,1H3. The minimum Gasteiger partial charge on any atom is -0.315 e. The Hall–Kier alpha value is -0.280. The molecular weight excluding hydrogens is 255 g/mol. The monoisotopic (exact) mass is 272 g/mol. The van der Waals surface area contributed by atoms with Crippen molar-refractivity contribution in [1.29, 1.82) is 0 Å². The van der Waals surface area contributed by atoms with Gasteiger partial charge in [0.05, 0.1) is 10.0 Å². The van der Waals surface area contributed by atoms with Crippen LogP contribution in [0.15, 0.2) is 18.2 Å². The topological polar surface area (TPSA) is 24.1 Å². The van der Waals surface area contributed by atoms with E-state index in [4.69, 9.17) is 23.2 Å². The number of benzene rings is 1. The lowest BCUT2D eigenvalue weighted by atomic mass is 9.83.